The van der Waals surface area contributed by atoms with Gasteiger partial charge in [0.25, 0.3) is 0 Å². The van der Waals surface area contributed by atoms with Crippen LogP contribution in [0.15, 0.2) is 29.8 Å². The molecule has 0 unspecified atom stereocenters. The molecule has 0 heterocycles. The Labute approximate surface area is 111 Å². The van der Waals surface area contributed by atoms with Gasteiger partial charge in [-0.3, -0.25) is 0 Å². The van der Waals surface area contributed by atoms with E-state index >= 15 is 0 Å². The van der Waals surface area contributed by atoms with Crippen molar-refractivity contribution in [3.8, 4) is 0 Å². The van der Waals surface area contributed by atoms with E-state index in [1.165, 1.54) is 44.1 Å². The Hall–Kier alpha value is -0.750. The monoisotopic (exact) mass is 250 g/mol. The van der Waals surface area contributed by atoms with Crippen molar-refractivity contribution in [1.82, 2.24) is 0 Å². The number of benzene rings is 1. The number of rotatable bonds is 7. The maximum atomic E-state index is 5.89. The van der Waals surface area contributed by atoms with E-state index in [1.807, 2.05) is 12.1 Å². The summed E-state index contributed by atoms with van der Waals surface area (Å²) in [5, 5.41) is 0.811. The molecule has 0 amide bonds. The zero-order valence-electron chi connectivity index (χ0n) is 11.0. The molecule has 0 radical (unpaired) electrons. The summed E-state index contributed by atoms with van der Waals surface area (Å²) in [6.07, 6.45) is 9.93. The molecule has 0 saturated carbocycles. The molecule has 0 bridgehead atoms. The van der Waals surface area contributed by atoms with Crippen molar-refractivity contribution in [3.63, 3.8) is 0 Å². The minimum atomic E-state index is 0.811. The third-order valence-electron chi connectivity index (χ3n) is 2.94. The van der Waals surface area contributed by atoms with Gasteiger partial charge in [-0.05, 0) is 43.4 Å². The van der Waals surface area contributed by atoms with Gasteiger partial charge >= 0.3 is 0 Å². The summed E-state index contributed by atoms with van der Waals surface area (Å²) in [5.74, 6) is 0. The largest absolute Gasteiger partial charge is 0.0843 e. The molecule has 0 aliphatic carbocycles. The lowest BCUT2D eigenvalue weighted by Gasteiger charge is -2.06. The van der Waals surface area contributed by atoms with Gasteiger partial charge in [-0.2, -0.15) is 0 Å². The van der Waals surface area contributed by atoms with Crippen LogP contribution in [0.25, 0.3) is 6.08 Å². The molecule has 17 heavy (non-hydrogen) atoms. The standard InChI is InChI=1S/C16H23Cl/c1-3-5-7-14(8-6-4-2)13-15-9-11-16(17)12-10-15/h9-13H,3-8H2,1-2H3. The summed E-state index contributed by atoms with van der Waals surface area (Å²) in [4.78, 5) is 0. The van der Waals surface area contributed by atoms with Gasteiger partial charge in [0, 0.05) is 5.02 Å². The van der Waals surface area contributed by atoms with Crippen molar-refractivity contribution >= 4 is 17.7 Å². The van der Waals surface area contributed by atoms with Crippen molar-refractivity contribution in [2.45, 2.75) is 52.4 Å². The summed E-state index contributed by atoms with van der Waals surface area (Å²) >= 11 is 5.89. The first kappa shape index (κ1) is 14.3. The molecular formula is C16H23Cl. The van der Waals surface area contributed by atoms with Crippen LogP contribution >= 0.6 is 11.6 Å². The Bertz CT molecular complexity index is 325. The quantitative estimate of drug-likeness (QED) is 0.548. The number of halogens is 1. The van der Waals surface area contributed by atoms with Crippen molar-refractivity contribution < 1.29 is 0 Å². The van der Waals surface area contributed by atoms with E-state index < -0.39 is 0 Å². The summed E-state index contributed by atoms with van der Waals surface area (Å²) in [7, 11) is 0. The van der Waals surface area contributed by atoms with E-state index in [0.29, 0.717) is 0 Å². The highest BCUT2D eigenvalue weighted by molar-refractivity contribution is 6.30. The van der Waals surface area contributed by atoms with Gasteiger partial charge in [-0.15, -0.1) is 0 Å². The molecule has 0 fully saturated rings. The van der Waals surface area contributed by atoms with Gasteiger partial charge in [0.05, 0.1) is 0 Å². The van der Waals surface area contributed by atoms with Crippen LogP contribution < -0.4 is 0 Å². The topological polar surface area (TPSA) is 0 Å². The first-order valence-corrected chi connectivity index (χ1v) is 7.09. The zero-order valence-corrected chi connectivity index (χ0v) is 11.8. The van der Waals surface area contributed by atoms with Gasteiger partial charge in [0.2, 0.25) is 0 Å². The maximum Gasteiger partial charge on any atom is 0.0406 e. The van der Waals surface area contributed by atoms with Crippen molar-refractivity contribution in [2.24, 2.45) is 0 Å². The van der Waals surface area contributed by atoms with Gasteiger partial charge in [-0.25, -0.2) is 0 Å². The normalized spacial score (nSPS) is 10.3. The van der Waals surface area contributed by atoms with Crippen LogP contribution in [0.3, 0.4) is 0 Å². The Kier molecular flexibility index (Phi) is 7.04. The molecule has 0 aromatic heterocycles. The zero-order chi connectivity index (χ0) is 12.5. The Morgan fingerprint density at radius 1 is 1.00 bits per heavy atom. The number of hydrogen-bond donors (Lipinski definition) is 0. The molecule has 1 aromatic carbocycles. The van der Waals surface area contributed by atoms with E-state index in [2.05, 4.69) is 32.1 Å². The fourth-order valence-corrected chi connectivity index (χ4v) is 2.00. The minimum absolute atomic E-state index is 0.811. The van der Waals surface area contributed by atoms with Crippen LogP contribution in [0.1, 0.15) is 57.9 Å². The van der Waals surface area contributed by atoms with E-state index in [4.69, 9.17) is 11.6 Å². The third-order valence-corrected chi connectivity index (χ3v) is 3.20. The Balaban J connectivity index is 2.69. The molecule has 1 heteroatoms. The first-order valence-electron chi connectivity index (χ1n) is 6.71. The molecule has 0 aliphatic heterocycles. The highest BCUT2D eigenvalue weighted by atomic mass is 35.5. The fourth-order valence-electron chi connectivity index (χ4n) is 1.87. The lowest BCUT2D eigenvalue weighted by molar-refractivity contribution is 0.717. The van der Waals surface area contributed by atoms with Gasteiger partial charge in [0.15, 0.2) is 0 Å². The van der Waals surface area contributed by atoms with Crippen LogP contribution in [0, 0.1) is 0 Å². The number of hydrogen-bond acceptors (Lipinski definition) is 0. The Morgan fingerprint density at radius 3 is 2.00 bits per heavy atom. The minimum Gasteiger partial charge on any atom is -0.0843 e. The maximum absolute atomic E-state index is 5.89. The number of allylic oxidation sites excluding steroid dienone is 1. The molecule has 0 saturated heterocycles. The second-order valence-corrected chi connectivity index (χ2v) is 5.00. The van der Waals surface area contributed by atoms with Crippen molar-refractivity contribution in [1.29, 1.82) is 0 Å². The molecule has 94 valence electrons. The molecule has 0 aliphatic rings. The third kappa shape index (κ3) is 5.93. The Morgan fingerprint density at radius 2 is 1.53 bits per heavy atom. The second kappa shape index (κ2) is 8.36. The second-order valence-electron chi connectivity index (χ2n) is 4.56. The molecule has 0 nitrogen and oxygen atoms in total. The molecular weight excluding hydrogens is 228 g/mol. The lowest BCUT2D eigenvalue weighted by atomic mass is 10.00. The van der Waals surface area contributed by atoms with Crippen LogP contribution in [0.2, 0.25) is 5.02 Å². The van der Waals surface area contributed by atoms with Crippen molar-refractivity contribution in [2.75, 3.05) is 0 Å². The summed E-state index contributed by atoms with van der Waals surface area (Å²) in [6, 6.07) is 8.12. The summed E-state index contributed by atoms with van der Waals surface area (Å²) < 4.78 is 0. The molecule has 0 N–H and O–H groups in total. The average molecular weight is 251 g/mol. The average Bonchev–Trinajstić information content (AvgIpc) is 2.35. The SMILES string of the molecule is CCCCC(=Cc1ccc(Cl)cc1)CCCC. The van der Waals surface area contributed by atoms with Crippen LogP contribution in [-0.4, -0.2) is 0 Å². The van der Waals surface area contributed by atoms with Crippen molar-refractivity contribution in [3.05, 3.63) is 40.4 Å². The number of unbranched alkanes of at least 4 members (excludes halogenated alkanes) is 2. The van der Waals surface area contributed by atoms with Crippen LogP contribution in [-0.2, 0) is 0 Å². The van der Waals surface area contributed by atoms with E-state index in [0.717, 1.165) is 5.02 Å². The smallest absolute Gasteiger partial charge is 0.0406 e. The van der Waals surface area contributed by atoms with Gasteiger partial charge in [0.1, 0.15) is 0 Å². The van der Waals surface area contributed by atoms with Crippen LogP contribution in [0.4, 0.5) is 0 Å². The van der Waals surface area contributed by atoms with E-state index in [9.17, 15) is 0 Å². The predicted molar refractivity (Wildman–Crippen MR) is 78.5 cm³/mol. The summed E-state index contributed by atoms with van der Waals surface area (Å²) in [6.45, 7) is 4.50. The van der Waals surface area contributed by atoms with Gasteiger partial charge in [-0.1, -0.05) is 62.1 Å². The van der Waals surface area contributed by atoms with E-state index in [-0.39, 0.29) is 0 Å². The van der Waals surface area contributed by atoms with Crippen LogP contribution in [0.5, 0.6) is 0 Å². The molecule has 1 rings (SSSR count). The highest BCUT2D eigenvalue weighted by Gasteiger charge is 1.98. The molecule has 0 atom stereocenters. The lowest BCUT2D eigenvalue weighted by Crippen LogP contribution is -1.86. The molecule has 0 spiro atoms. The van der Waals surface area contributed by atoms with Gasteiger partial charge < -0.3 is 0 Å². The summed E-state index contributed by atoms with van der Waals surface area (Å²) in [5.41, 5.74) is 2.85. The highest BCUT2D eigenvalue weighted by Crippen LogP contribution is 2.19. The van der Waals surface area contributed by atoms with E-state index in [1.54, 1.807) is 5.57 Å². The predicted octanol–water partition coefficient (Wildman–Crippen LogP) is 6.10. The fraction of sp³-hybridized carbons (Fsp3) is 0.500. The molecule has 1 aromatic rings. The first-order chi connectivity index (χ1) is 8.26.